The molecule has 0 radical (unpaired) electrons. The van der Waals surface area contributed by atoms with E-state index in [0.29, 0.717) is 12.1 Å². The molecular formula is C12H17NO4S3. The zero-order valence-electron chi connectivity index (χ0n) is 11.6. The first-order chi connectivity index (χ1) is 9.35. The van der Waals surface area contributed by atoms with Gasteiger partial charge in [-0.2, -0.15) is 11.8 Å². The van der Waals surface area contributed by atoms with Crippen LogP contribution in [0.5, 0.6) is 0 Å². The van der Waals surface area contributed by atoms with Gasteiger partial charge in [-0.05, 0) is 37.0 Å². The summed E-state index contributed by atoms with van der Waals surface area (Å²) in [6.07, 6.45) is 4.02. The third-order valence-corrected chi connectivity index (χ3v) is 7.60. The minimum atomic E-state index is -3.69. The van der Waals surface area contributed by atoms with E-state index in [4.69, 9.17) is 0 Å². The Morgan fingerprint density at radius 3 is 2.70 bits per heavy atom. The molecule has 0 aliphatic heterocycles. The standard InChI is InChI=1S/C12H17NO4S3/c1-8-6-19-9(11(14)17-2)10(8)20(15,16)13-7-12(18-3)4-5-12/h6,13H,4-5,7H2,1-3H3. The van der Waals surface area contributed by atoms with Gasteiger partial charge in [0, 0.05) is 11.3 Å². The summed E-state index contributed by atoms with van der Waals surface area (Å²) in [6, 6.07) is 0. The van der Waals surface area contributed by atoms with Crippen molar-refractivity contribution in [3.63, 3.8) is 0 Å². The molecule has 0 saturated heterocycles. The van der Waals surface area contributed by atoms with E-state index in [1.807, 2.05) is 6.26 Å². The molecule has 0 spiro atoms. The van der Waals surface area contributed by atoms with Crippen LogP contribution in [0.15, 0.2) is 10.3 Å². The zero-order valence-corrected chi connectivity index (χ0v) is 14.0. The quantitative estimate of drug-likeness (QED) is 0.805. The van der Waals surface area contributed by atoms with Crippen LogP contribution >= 0.6 is 23.1 Å². The molecule has 0 atom stereocenters. The van der Waals surface area contributed by atoms with Gasteiger partial charge < -0.3 is 4.74 Å². The number of ether oxygens (including phenoxy) is 1. The van der Waals surface area contributed by atoms with E-state index in [0.717, 1.165) is 24.2 Å². The van der Waals surface area contributed by atoms with E-state index < -0.39 is 16.0 Å². The fraction of sp³-hybridized carbons (Fsp3) is 0.583. The van der Waals surface area contributed by atoms with Crippen LogP contribution in [0.2, 0.25) is 0 Å². The summed E-state index contributed by atoms with van der Waals surface area (Å²) in [4.78, 5) is 11.8. The Hall–Kier alpha value is -0.570. The summed E-state index contributed by atoms with van der Waals surface area (Å²) < 4.78 is 32.1. The number of sulfonamides is 1. The lowest BCUT2D eigenvalue weighted by Crippen LogP contribution is -2.32. The number of methoxy groups -OCH3 is 1. The van der Waals surface area contributed by atoms with Crippen molar-refractivity contribution in [3.05, 3.63) is 15.8 Å². The number of thiophene rings is 1. The van der Waals surface area contributed by atoms with Gasteiger partial charge >= 0.3 is 5.97 Å². The van der Waals surface area contributed by atoms with E-state index in [1.54, 1.807) is 24.1 Å². The molecule has 20 heavy (non-hydrogen) atoms. The minimum absolute atomic E-state index is 0.0302. The van der Waals surface area contributed by atoms with Crippen LogP contribution in [-0.2, 0) is 14.8 Å². The number of carbonyl (C=O) groups excluding carboxylic acids is 1. The lowest BCUT2D eigenvalue weighted by Gasteiger charge is -2.14. The molecule has 2 rings (SSSR count). The van der Waals surface area contributed by atoms with Crippen LogP contribution in [-0.4, -0.2) is 39.0 Å². The highest BCUT2D eigenvalue weighted by Crippen LogP contribution is 2.46. The molecule has 0 amide bonds. The van der Waals surface area contributed by atoms with Crippen molar-refractivity contribution >= 4 is 39.1 Å². The molecule has 0 bridgehead atoms. The van der Waals surface area contributed by atoms with E-state index >= 15 is 0 Å². The number of aryl methyl sites for hydroxylation is 1. The van der Waals surface area contributed by atoms with Gasteiger partial charge in [0.2, 0.25) is 10.0 Å². The minimum Gasteiger partial charge on any atom is -0.465 e. The Kier molecular flexibility index (Phi) is 4.48. The third kappa shape index (κ3) is 3.03. The maximum atomic E-state index is 12.4. The summed E-state index contributed by atoms with van der Waals surface area (Å²) in [5, 5.41) is 1.66. The smallest absolute Gasteiger partial charge is 0.349 e. The molecule has 1 N–H and O–H groups in total. The monoisotopic (exact) mass is 335 g/mol. The fourth-order valence-corrected chi connectivity index (χ4v) is 5.54. The van der Waals surface area contributed by atoms with Gasteiger partial charge in [0.15, 0.2) is 0 Å². The molecule has 1 fully saturated rings. The Morgan fingerprint density at radius 1 is 1.55 bits per heavy atom. The second-order valence-electron chi connectivity index (χ2n) is 4.78. The van der Waals surface area contributed by atoms with E-state index in [2.05, 4.69) is 9.46 Å². The van der Waals surface area contributed by atoms with Gasteiger partial charge in [0.05, 0.1) is 7.11 Å². The first-order valence-corrected chi connectivity index (χ1v) is 9.65. The van der Waals surface area contributed by atoms with Crippen LogP contribution in [0, 0.1) is 6.92 Å². The zero-order chi connectivity index (χ0) is 15.0. The van der Waals surface area contributed by atoms with Crippen LogP contribution in [0.25, 0.3) is 0 Å². The maximum Gasteiger partial charge on any atom is 0.349 e. The second-order valence-corrected chi connectivity index (χ2v) is 8.64. The first-order valence-electron chi connectivity index (χ1n) is 6.06. The normalized spacial score (nSPS) is 16.9. The van der Waals surface area contributed by atoms with E-state index in [1.165, 1.54) is 7.11 Å². The summed E-state index contributed by atoms with van der Waals surface area (Å²) in [5.74, 6) is -0.616. The highest BCUT2D eigenvalue weighted by atomic mass is 32.2. The number of rotatable bonds is 6. The van der Waals surface area contributed by atoms with Crippen LogP contribution in [0.1, 0.15) is 28.1 Å². The van der Waals surface area contributed by atoms with Gasteiger partial charge in [0.1, 0.15) is 9.77 Å². The molecule has 1 saturated carbocycles. The van der Waals surface area contributed by atoms with Gasteiger partial charge in [-0.3, -0.25) is 0 Å². The van der Waals surface area contributed by atoms with Crippen molar-refractivity contribution in [1.82, 2.24) is 4.72 Å². The Labute approximate surface area is 127 Å². The van der Waals surface area contributed by atoms with Crippen molar-refractivity contribution in [1.29, 1.82) is 0 Å². The Bertz CT molecular complexity index is 617. The number of hydrogen-bond donors (Lipinski definition) is 1. The van der Waals surface area contributed by atoms with E-state index in [9.17, 15) is 13.2 Å². The van der Waals surface area contributed by atoms with Crippen molar-refractivity contribution < 1.29 is 17.9 Å². The summed E-state index contributed by atoms with van der Waals surface area (Å²) >= 11 is 2.77. The van der Waals surface area contributed by atoms with Crippen molar-refractivity contribution in [2.24, 2.45) is 0 Å². The van der Waals surface area contributed by atoms with Gasteiger partial charge in [-0.15, -0.1) is 11.3 Å². The predicted octanol–water partition coefficient (Wildman–Crippen LogP) is 2.02. The molecule has 5 nitrogen and oxygen atoms in total. The van der Waals surface area contributed by atoms with Crippen LogP contribution in [0.4, 0.5) is 0 Å². The average Bonchev–Trinajstić information content (AvgIpc) is 3.11. The molecule has 8 heteroatoms. The number of nitrogens with one attached hydrogen (secondary N) is 1. The Morgan fingerprint density at radius 2 is 2.20 bits per heavy atom. The van der Waals surface area contributed by atoms with Crippen molar-refractivity contribution in [2.45, 2.75) is 29.4 Å². The predicted molar refractivity (Wildman–Crippen MR) is 81.1 cm³/mol. The maximum absolute atomic E-state index is 12.4. The number of hydrogen-bond acceptors (Lipinski definition) is 6. The average molecular weight is 335 g/mol. The molecule has 0 unspecified atom stereocenters. The molecular weight excluding hydrogens is 318 g/mol. The molecule has 1 aliphatic carbocycles. The highest BCUT2D eigenvalue weighted by Gasteiger charge is 2.43. The number of thioether (sulfide) groups is 1. The van der Waals surface area contributed by atoms with Gasteiger partial charge in [-0.1, -0.05) is 0 Å². The van der Waals surface area contributed by atoms with Crippen molar-refractivity contribution in [2.75, 3.05) is 19.9 Å². The second kappa shape index (κ2) is 5.67. The highest BCUT2D eigenvalue weighted by molar-refractivity contribution is 8.00. The summed E-state index contributed by atoms with van der Waals surface area (Å²) in [6.45, 7) is 2.07. The topological polar surface area (TPSA) is 72.5 Å². The lowest BCUT2D eigenvalue weighted by molar-refractivity contribution is 0.0602. The van der Waals surface area contributed by atoms with E-state index in [-0.39, 0.29) is 14.5 Å². The van der Waals surface area contributed by atoms with Gasteiger partial charge in [-0.25, -0.2) is 17.9 Å². The SMILES string of the molecule is COC(=O)c1scc(C)c1S(=O)(=O)NCC1(SC)CC1. The molecule has 1 aromatic heterocycles. The molecule has 112 valence electrons. The molecule has 1 aliphatic rings. The first kappa shape index (κ1) is 15.8. The fourth-order valence-electron chi connectivity index (χ4n) is 1.89. The van der Waals surface area contributed by atoms with Gasteiger partial charge in [0.25, 0.3) is 0 Å². The van der Waals surface area contributed by atoms with Crippen molar-refractivity contribution in [3.8, 4) is 0 Å². The number of esters is 1. The summed E-state index contributed by atoms with van der Waals surface area (Å²) in [5.41, 5.74) is 0.567. The number of carbonyl (C=O) groups is 1. The molecule has 0 aromatic carbocycles. The lowest BCUT2D eigenvalue weighted by atomic mass is 10.3. The van der Waals surface area contributed by atoms with Crippen LogP contribution < -0.4 is 4.72 Å². The molecule has 1 aromatic rings. The molecule has 1 heterocycles. The third-order valence-electron chi connectivity index (χ3n) is 3.38. The largest absolute Gasteiger partial charge is 0.465 e. The van der Waals surface area contributed by atoms with Crippen LogP contribution in [0.3, 0.4) is 0 Å². The Balaban J connectivity index is 2.25. The summed E-state index contributed by atoms with van der Waals surface area (Å²) in [7, 11) is -2.45.